The van der Waals surface area contributed by atoms with E-state index in [1.165, 1.54) is 6.07 Å². The number of carboxylic acids is 1. The van der Waals surface area contributed by atoms with Gasteiger partial charge in [-0.3, -0.25) is 4.79 Å². The zero-order valence-corrected chi connectivity index (χ0v) is 11.7. The highest BCUT2D eigenvalue weighted by atomic mass is 19.4. The van der Waals surface area contributed by atoms with Crippen LogP contribution in [0, 0.1) is 0 Å². The summed E-state index contributed by atoms with van der Waals surface area (Å²) < 4.78 is 38.1. The van der Waals surface area contributed by atoms with Gasteiger partial charge in [0.25, 0.3) is 0 Å². The Balaban J connectivity index is 2.14. The number of carboxylic acid groups (broad SMARTS) is 1. The lowest BCUT2D eigenvalue weighted by atomic mass is 9.99. The Labute approximate surface area is 126 Å². The molecule has 0 saturated heterocycles. The number of carbonyl (C=O) groups is 1. The van der Waals surface area contributed by atoms with E-state index in [4.69, 9.17) is 5.11 Å². The Morgan fingerprint density at radius 3 is 2.18 bits per heavy atom. The van der Waals surface area contributed by atoms with Gasteiger partial charge in [-0.2, -0.15) is 13.2 Å². The Hall–Kier alpha value is -2.30. The van der Waals surface area contributed by atoms with E-state index in [1.807, 2.05) is 18.2 Å². The molecule has 0 saturated carbocycles. The molecule has 0 unspecified atom stereocenters. The molecule has 1 N–H and O–H groups in total. The topological polar surface area (TPSA) is 37.3 Å². The highest BCUT2D eigenvalue weighted by molar-refractivity contribution is 5.67. The highest BCUT2D eigenvalue weighted by Gasteiger charge is 2.30. The van der Waals surface area contributed by atoms with Gasteiger partial charge in [-0.05, 0) is 35.6 Å². The highest BCUT2D eigenvalue weighted by Crippen LogP contribution is 2.30. The van der Waals surface area contributed by atoms with Crippen LogP contribution in [0.5, 0.6) is 0 Å². The third-order valence-corrected chi connectivity index (χ3v) is 3.28. The van der Waals surface area contributed by atoms with Crippen LogP contribution in [0.25, 0.3) is 0 Å². The van der Waals surface area contributed by atoms with Crippen molar-refractivity contribution in [2.24, 2.45) is 0 Å². The third kappa shape index (κ3) is 4.62. The molecular weight excluding hydrogens is 293 g/mol. The van der Waals surface area contributed by atoms with Gasteiger partial charge in [-0.25, -0.2) is 0 Å². The Bertz CT molecular complexity index is 663. The van der Waals surface area contributed by atoms with Crippen molar-refractivity contribution >= 4 is 5.97 Å². The Morgan fingerprint density at radius 2 is 1.55 bits per heavy atom. The van der Waals surface area contributed by atoms with Crippen molar-refractivity contribution in [3.63, 3.8) is 0 Å². The Morgan fingerprint density at radius 1 is 0.955 bits per heavy atom. The third-order valence-electron chi connectivity index (χ3n) is 3.28. The molecule has 2 aromatic carbocycles. The predicted octanol–water partition coefficient (Wildman–Crippen LogP) is 4.31. The zero-order chi connectivity index (χ0) is 16.2. The summed E-state index contributed by atoms with van der Waals surface area (Å²) in [5.74, 6) is -0.872. The lowest BCUT2D eigenvalue weighted by Crippen LogP contribution is -2.05. The van der Waals surface area contributed by atoms with Gasteiger partial charge < -0.3 is 5.11 Å². The number of halogens is 3. The fourth-order valence-corrected chi connectivity index (χ4v) is 2.24. The summed E-state index contributed by atoms with van der Waals surface area (Å²) in [5.41, 5.74) is 1.64. The van der Waals surface area contributed by atoms with Gasteiger partial charge in [0.05, 0.1) is 5.56 Å². The molecule has 0 atom stereocenters. The van der Waals surface area contributed by atoms with Crippen LogP contribution in [0.4, 0.5) is 13.2 Å². The molecule has 0 fully saturated rings. The van der Waals surface area contributed by atoms with Crippen LogP contribution in [-0.4, -0.2) is 11.1 Å². The second-order valence-corrected chi connectivity index (χ2v) is 5.09. The van der Waals surface area contributed by atoms with Crippen LogP contribution in [-0.2, 0) is 23.8 Å². The van der Waals surface area contributed by atoms with Gasteiger partial charge in [-0.1, -0.05) is 42.5 Å². The van der Waals surface area contributed by atoms with Crippen molar-refractivity contribution in [3.05, 3.63) is 70.8 Å². The summed E-state index contributed by atoms with van der Waals surface area (Å²) in [6, 6.07) is 12.5. The van der Waals surface area contributed by atoms with E-state index in [0.717, 1.165) is 23.3 Å². The van der Waals surface area contributed by atoms with Crippen LogP contribution in [0.3, 0.4) is 0 Å². The van der Waals surface area contributed by atoms with Gasteiger partial charge in [0.1, 0.15) is 0 Å². The molecule has 0 spiro atoms. The van der Waals surface area contributed by atoms with Gasteiger partial charge >= 0.3 is 12.1 Å². The van der Waals surface area contributed by atoms with E-state index >= 15 is 0 Å². The summed E-state index contributed by atoms with van der Waals surface area (Å²) in [4.78, 5) is 10.6. The molecule has 0 aliphatic rings. The van der Waals surface area contributed by atoms with Crippen molar-refractivity contribution in [2.45, 2.75) is 25.4 Å². The van der Waals surface area contributed by atoms with Crippen LogP contribution >= 0.6 is 0 Å². The van der Waals surface area contributed by atoms with Crippen molar-refractivity contribution in [1.82, 2.24) is 0 Å². The molecule has 0 heterocycles. The maximum absolute atomic E-state index is 12.7. The average molecular weight is 308 g/mol. The van der Waals surface area contributed by atoms with Crippen LogP contribution in [0.1, 0.15) is 28.7 Å². The van der Waals surface area contributed by atoms with Crippen LogP contribution in [0.15, 0.2) is 48.5 Å². The minimum Gasteiger partial charge on any atom is -0.481 e. The van der Waals surface area contributed by atoms with Crippen molar-refractivity contribution in [1.29, 1.82) is 0 Å². The molecule has 0 amide bonds. The monoisotopic (exact) mass is 308 g/mol. The van der Waals surface area contributed by atoms with E-state index in [0.29, 0.717) is 18.4 Å². The first-order valence-electron chi connectivity index (χ1n) is 6.80. The SMILES string of the molecule is O=C(O)CCc1cccc(Cc2cccc(C(F)(F)F)c2)c1. The molecule has 0 aromatic heterocycles. The molecule has 0 aliphatic carbocycles. The zero-order valence-electron chi connectivity index (χ0n) is 11.7. The summed E-state index contributed by atoms with van der Waals surface area (Å²) in [6.45, 7) is 0. The minimum absolute atomic E-state index is 0.0347. The number of hydrogen-bond acceptors (Lipinski definition) is 1. The number of rotatable bonds is 5. The van der Waals surface area contributed by atoms with Crippen molar-refractivity contribution in [3.8, 4) is 0 Å². The molecule has 0 radical (unpaired) electrons. The smallest absolute Gasteiger partial charge is 0.416 e. The van der Waals surface area contributed by atoms with Gasteiger partial charge in [-0.15, -0.1) is 0 Å². The van der Waals surface area contributed by atoms with E-state index in [1.54, 1.807) is 12.1 Å². The largest absolute Gasteiger partial charge is 0.481 e. The normalized spacial score (nSPS) is 11.4. The number of alkyl halides is 3. The van der Waals surface area contributed by atoms with Crippen LogP contribution in [0.2, 0.25) is 0 Å². The van der Waals surface area contributed by atoms with Gasteiger partial charge in [0.15, 0.2) is 0 Å². The van der Waals surface area contributed by atoms with E-state index < -0.39 is 17.7 Å². The van der Waals surface area contributed by atoms with Crippen molar-refractivity contribution < 1.29 is 23.1 Å². The molecule has 0 bridgehead atoms. The first kappa shape index (κ1) is 16.1. The fraction of sp³-hybridized carbons (Fsp3) is 0.235. The second-order valence-electron chi connectivity index (χ2n) is 5.09. The number of aryl methyl sites for hydroxylation is 1. The summed E-state index contributed by atoms with van der Waals surface area (Å²) in [5, 5.41) is 8.68. The first-order chi connectivity index (χ1) is 10.3. The standard InChI is InChI=1S/C17H15F3O2/c18-17(19,20)15-6-2-5-14(11-15)10-13-4-1-3-12(9-13)7-8-16(21)22/h1-6,9,11H,7-8,10H2,(H,21,22). The molecule has 116 valence electrons. The lowest BCUT2D eigenvalue weighted by Gasteiger charge is -2.09. The summed E-state index contributed by atoms with van der Waals surface area (Å²) in [6.07, 6.45) is -3.52. The molecule has 2 aromatic rings. The number of hydrogen-bond donors (Lipinski definition) is 1. The van der Waals surface area contributed by atoms with E-state index in [2.05, 4.69) is 0 Å². The molecule has 2 rings (SSSR count). The fourth-order valence-electron chi connectivity index (χ4n) is 2.24. The maximum atomic E-state index is 12.7. The second kappa shape index (κ2) is 6.64. The van der Waals surface area contributed by atoms with Crippen LogP contribution < -0.4 is 0 Å². The summed E-state index contributed by atoms with van der Waals surface area (Å²) >= 11 is 0. The number of benzene rings is 2. The molecule has 0 aliphatic heterocycles. The van der Waals surface area contributed by atoms with E-state index in [9.17, 15) is 18.0 Å². The molecule has 22 heavy (non-hydrogen) atoms. The summed E-state index contributed by atoms with van der Waals surface area (Å²) in [7, 11) is 0. The van der Waals surface area contributed by atoms with Crippen molar-refractivity contribution in [2.75, 3.05) is 0 Å². The Kier molecular flexibility index (Phi) is 4.85. The molecule has 2 nitrogen and oxygen atoms in total. The lowest BCUT2D eigenvalue weighted by molar-refractivity contribution is -0.138. The predicted molar refractivity (Wildman–Crippen MR) is 76.6 cm³/mol. The molecule has 5 heteroatoms. The minimum atomic E-state index is -4.35. The molecular formula is C17H15F3O2. The van der Waals surface area contributed by atoms with E-state index in [-0.39, 0.29) is 6.42 Å². The number of aliphatic carboxylic acids is 1. The maximum Gasteiger partial charge on any atom is 0.416 e. The average Bonchev–Trinajstić information content (AvgIpc) is 2.45. The van der Waals surface area contributed by atoms with Gasteiger partial charge in [0, 0.05) is 6.42 Å². The quantitative estimate of drug-likeness (QED) is 0.893. The van der Waals surface area contributed by atoms with Gasteiger partial charge in [0.2, 0.25) is 0 Å². The first-order valence-corrected chi connectivity index (χ1v) is 6.80.